The van der Waals surface area contributed by atoms with Gasteiger partial charge in [-0.15, -0.1) is 0 Å². The highest BCUT2D eigenvalue weighted by Crippen LogP contribution is 2.25. The van der Waals surface area contributed by atoms with Crippen molar-refractivity contribution in [2.24, 2.45) is 11.8 Å². The molecule has 0 saturated carbocycles. The van der Waals surface area contributed by atoms with Gasteiger partial charge in [0.1, 0.15) is 5.75 Å². The third-order valence-electron chi connectivity index (χ3n) is 5.56. The first-order chi connectivity index (χ1) is 15.9. The normalized spacial score (nSPS) is 15.8. The molecule has 0 fully saturated rings. The molecule has 5 atom stereocenters. The van der Waals surface area contributed by atoms with Crippen LogP contribution in [-0.4, -0.2) is 54.8 Å². The van der Waals surface area contributed by atoms with Crippen LogP contribution in [0, 0.1) is 11.8 Å². The summed E-state index contributed by atoms with van der Waals surface area (Å²) >= 11 is 0. The van der Waals surface area contributed by atoms with Gasteiger partial charge in [-0.05, 0) is 30.2 Å². The number of aliphatic hydroxyl groups is 2. The van der Waals surface area contributed by atoms with Crippen molar-refractivity contribution in [3.63, 3.8) is 0 Å². The molecular formula is C26H36O7. The number of aliphatic hydroxyl groups excluding tert-OH is 2. The molecule has 0 spiro atoms. The molecule has 0 aromatic heterocycles. The van der Waals surface area contributed by atoms with E-state index in [4.69, 9.17) is 18.9 Å². The molecule has 7 nitrogen and oxygen atoms in total. The summed E-state index contributed by atoms with van der Waals surface area (Å²) in [5.41, 5.74) is 2.00. The molecule has 2 aromatic rings. The van der Waals surface area contributed by atoms with Crippen LogP contribution in [0.3, 0.4) is 0 Å². The van der Waals surface area contributed by atoms with E-state index in [1.54, 1.807) is 21.0 Å². The second kappa shape index (κ2) is 14.0. The molecule has 0 bridgehead atoms. The van der Waals surface area contributed by atoms with Gasteiger partial charge in [0.15, 0.2) is 6.10 Å². The fraction of sp³-hybridized carbons (Fsp3) is 0.500. The summed E-state index contributed by atoms with van der Waals surface area (Å²) in [6.45, 7) is 6.62. The first-order valence-corrected chi connectivity index (χ1v) is 11.3. The van der Waals surface area contributed by atoms with Crippen molar-refractivity contribution in [2.75, 3.05) is 20.3 Å². The molecule has 182 valence electrons. The monoisotopic (exact) mass is 460 g/mol. The van der Waals surface area contributed by atoms with E-state index in [0.717, 1.165) is 16.9 Å². The van der Waals surface area contributed by atoms with Gasteiger partial charge in [-0.1, -0.05) is 56.3 Å². The zero-order valence-corrected chi connectivity index (χ0v) is 19.8. The maximum atomic E-state index is 11.9. The SMILES string of the molecule is CCOC(=O)[C@H](O)[C@@H](O)[C@H](C)[C@@H](OCc1ccc(OC)cc1)[C@@H](C)COCc1ccccc1. The van der Waals surface area contributed by atoms with Crippen LogP contribution < -0.4 is 4.74 Å². The van der Waals surface area contributed by atoms with Crippen LogP contribution in [0.2, 0.25) is 0 Å². The van der Waals surface area contributed by atoms with E-state index in [1.165, 1.54) is 0 Å². The average Bonchev–Trinajstić information content (AvgIpc) is 2.84. The number of benzene rings is 2. The fourth-order valence-electron chi connectivity index (χ4n) is 3.63. The quantitative estimate of drug-likeness (QED) is 0.418. The number of esters is 1. The van der Waals surface area contributed by atoms with Gasteiger partial charge in [-0.25, -0.2) is 4.79 Å². The Morgan fingerprint density at radius 1 is 0.939 bits per heavy atom. The van der Waals surface area contributed by atoms with E-state index in [0.29, 0.717) is 19.8 Å². The Kier molecular flexibility index (Phi) is 11.3. The molecule has 2 N–H and O–H groups in total. The Hall–Kier alpha value is -2.45. The maximum absolute atomic E-state index is 11.9. The molecule has 0 unspecified atom stereocenters. The first-order valence-electron chi connectivity index (χ1n) is 11.3. The van der Waals surface area contributed by atoms with Gasteiger partial charge in [-0.2, -0.15) is 0 Å². The van der Waals surface area contributed by atoms with Gasteiger partial charge in [0.25, 0.3) is 0 Å². The summed E-state index contributed by atoms with van der Waals surface area (Å²) in [4.78, 5) is 11.9. The number of ether oxygens (including phenoxy) is 4. The smallest absolute Gasteiger partial charge is 0.337 e. The van der Waals surface area contributed by atoms with Crippen LogP contribution in [0.25, 0.3) is 0 Å². The van der Waals surface area contributed by atoms with Crippen LogP contribution in [0.1, 0.15) is 31.9 Å². The lowest BCUT2D eigenvalue weighted by Crippen LogP contribution is -2.46. The van der Waals surface area contributed by atoms with Crippen molar-refractivity contribution in [1.82, 2.24) is 0 Å². The number of carbonyl (C=O) groups excluding carboxylic acids is 1. The summed E-state index contributed by atoms with van der Waals surface area (Å²) in [5, 5.41) is 20.9. The second-order valence-electron chi connectivity index (χ2n) is 8.15. The molecule has 0 aliphatic rings. The highest BCUT2D eigenvalue weighted by atomic mass is 16.5. The molecule has 0 radical (unpaired) electrons. The van der Waals surface area contributed by atoms with E-state index in [-0.39, 0.29) is 12.5 Å². The zero-order valence-electron chi connectivity index (χ0n) is 19.8. The third kappa shape index (κ3) is 8.44. The van der Waals surface area contributed by atoms with Crippen molar-refractivity contribution >= 4 is 5.97 Å². The van der Waals surface area contributed by atoms with Gasteiger partial charge >= 0.3 is 5.97 Å². The minimum absolute atomic E-state index is 0.119. The second-order valence-corrected chi connectivity index (χ2v) is 8.15. The van der Waals surface area contributed by atoms with Gasteiger partial charge in [0.2, 0.25) is 0 Å². The topological polar surface area (TPSA) is 94.5 Å². The number of hydrogen-bond donors (Lipinski definition) is 2. The van der Waals surface area contributed by atoms with Crippen LogP contribution in [-0.2, 0) is 32.2 Å². The van der Waals surface area contributed by atoms with E-state index < -0.39 is 30.2 Å². The Bertz CT molecular complexity index is 809. The van der Waals surface area contributed by atoms with Crippen LogP contribution >= 0.6 is 0 Å². The molecule has 0 heterocycles. The average molecular weight is 461 g/mol. The van der Waals surface area contributed by atoms with Gasteiger partial charge < -0.3 is 29.2 Å². The molecule has 7 heteroatoms. The molecule has 0 amide bonds. The lowest BCUT2D eigenvalue weighted by molar-refractivity contribution is -0.166. The fourth-order valence-corrected chi connectivity index (χ4v) is 3.63. The van der Waals surface area contributed by atoms with Crippen LogP contribution in [0.4, 0.5) is 0 Å². The summed E-state index contributed by atoms with van der Waals surface area (Å²) in [6, 6.07) is 17.4. The highest BCUT2D eigenvalue weighted by molar-refractivity contribution is 5.75. The van der Waals surface area contributed by atoms with Gasteiger partial charge in [0, 0.05) is 11.8 Å². The number of hydrogen-bond acceptors (Lipinski definition) is 7. The number of carbonyl (C=O) groups is 1. The highest BCUT2D eigenvalue weighted by Gasteiger charge is 2.37. The van der Waals surface area contributed by atoms with Crippen molar-refractivity contribution in [1.29, 1.82) is 0 Å². The third-order valence-corrected chi connectivity index (χ3v) is 5.56. The van der Waals surface area contributed by atoms with E-state index >= 15 is 0 Å². The predicted octanol–water partition coefficient (Wildman–Crippen LogP) is 3.35. The predicted molar refractivity (Wildman–Crippen MR) is 125 cm³/mol. The molecule has 0 aliphatic carbocycles. The molecule has 2 aromatic carbocycles. The molecule has 2 rings (SSSR count). The Morgan fingerprint density at radius 3 is 2.18 bits per heavy atom. The number of methoxy groups -OCH3 is 1. The zero-order chi connectivity index (χ0) is 24.2. The van der Waals surface area contributed by atoms with E-state index in [1.807, 2.05) is 61.5 Å². The minimum Gasteiger partial charge on any atom is -0.497 e. The lowest BCUT2D eigenvalue weighted by Gasteiger charge is -2.33. The summed E-state index contributed by atoms with van der Waals surface area (Å²) in [5.74, 6) is -0.776. The van der Waals surface area contributed by atoms with E-state index in [9.17, 15) is 15.0 Å². The molecule has 0 aliphatic heterocycles. The number of rotatable bonds is 14. The Morgan fingerprint density at radius 2 is 1.58 bits per heavy atom. The summed E-state index contributed by atoms with van der Waals surface area (Å²) in [7, 11) is 1.61. The van der Waals surface area contributed by atoms with Crippen molar-refractivity contribution in [3.8, 4) is 5.75 Å². The summed E-state index contributed by atoms with van der Waals surface area (Å²) < 4.78 is 22.1. The minimum atomic E-state index is -1.65. The van der Waals surface area contributed by atoms with Crippen molar-refractivity contribution in [3.05, 3.63) is 65.7 Å². The van der Waals surface area contributed by atoms with Crippen molar-refractivity contribution < 1.29 is 34.0 Å². The first kappa shape index (κ1) is 26.8. The molecular weight excluding hydrogens is 424 g/mol. The van der Waals surface area contributed by atoms with E-state index in [2.05, 4.69) is 0 Å². The molecule has 33 heavy (non-hydrogen) atoms. The largest absolute Gasteiger partial charge is 0.497 e. The van der Waals surface area contributed by atoms with Crippen LogP contribution in [0.5, 0.6) is 5.75 Å². The van der Waals surface area contributed by atoms with Gasteiger partial charge in [0.05, 0.1) is 45.7 Å². The standard InChI is InChI=1S/C26H36O7/c1-5-32-26(29)24(28)23(27)19(3)25(33-17-21-11-13-22(30-4)14-12-21)18(2)15-31-16-20-9-7-6-8-10-20/h6-14,18-19,23-25,27-28H,5,15-17H2,1-4H3/t18-,19-,23-,24+,25-/m0/s1. The van der Waals surface area contributed by atoms with Crippen molar-refractivity contribution in [2.45, 2.75) is 52.3 Å². The van der Waals surface area contributed by atoms with Gasteiger partial charge in [-0.3, -0.25) is 0 Å². The molecule has 0 saturated heterocycles. The lowest BCUT2D eigenvalue weighted by atomic mass is 9.87. The maximum Gasteiger partial charge on any atom is 0.337 e. The Labute approximate surface area is 196 Å². The summed E-state index contributed by atoms with van der Waals surface area (Å²) in [6.07, 6.45) is -3.48. The Balaban J connectivity index is 2.06. The van der Waals surface area contributed by atoms with Crippen LogP contribution in [0.15, 0.2) is 54.6 Å².